The molecular weight excluding hydrogens is 426 g/mol. The molecule has 0 radical (unpaired) electrons. The minimum atomic E-state index is -0.620. The molecule has 0 bridgehead atoms. The van der Waals surface area contributed by atoms with Crippen molar-refractivity contribution in [1.29, 1.82) is 0 Å². The molecule has 1 amide bonds. The fraction of sp³-hybridized carbons (Fsp3) is 0.0588. The van der Waals surface area contributed by atoms with E-state index in [1.54, 1.807) is 19.1 Å². The number of hydrogen-bond acceptors (Lipinski definition) is 11. The molecule has 3 aromatic heterocycles. The standard InChI is InChI=1S/C17H13N9O4S/c1-9(10-4-6-11(7-5-10)26(28)29)19-21-17(27)13-14(12-3-2-8-31-12)25(24-20-13)16-15(18)22-30-23-16/h2-8H,1H3,(H2,18,22)(H,21,27)/b19-9-. The Bertz CT molecular complexity index is 1280. The summed E-state index contributed by atoms with van der Waals surface area (Å²) in [5, 5.41) is 31.8. The van der Waals surface area contributed by atoms with Crippen molar-refractivity contribution in [2.75, 3.05) is 5.73 Å². The summed E-state index contributed by atoms with van der Waals surface area (Å²) >= 11 is 1.36. The van der Waals surface area contributed by atoms with Crippen molar-refractivity contribution in [2.24, 2.45) is 5.10 Å². The molecule has 0 saturated carbocycles. The normalized spacial score (nSPS) is 11.5. The molecule has 4 rings (SSSR count). The number of anilines is 1. The molecule has 156 valence electrons. The molecule has 0 aliphatic rings. The average Bonchev–Trinajstić information content (AvgIpc) is 3.51. The number of aromatic nitrogens is 5. The first kappa shape index (κ1) is 19.8. The molecule has 0 aliphatic heterocycles. The van der Waals surface area contributed by atoms with Crippen molar-refractivity contribution < 1.29 is 14.3 Å². The Morgan fingerprint density at radius 2 is 2.06 bits per heavy atom. The van der Waals surface area contributed by atoms with Crippen LogP contribution >= 0.6 is 11.3 Å². The predicted molar refractivity (Wildman–Crippen MR) is 110 cm³/mol. The third-order valence-corrected chi connectivity index (χ3v) is 5.03. The van der Waals surface area contributed by atoms with Crippen LogP contribution in [0.2, 0.25) is 0 Å². The maximum atomic E-state index is 12.8. The van der Waals surface area contributed by atoms with Gasteiger partial charge in [-0.3, -0.25) is 14.9 Å². The Kier molecular flexibility index (Phi) is 5.19. The highest BCUT2D eigenvalue weighted by Crippen LogP contribution is 2.29. The number of nitrogens with zero attached hydrogens (tertiary/aromatic N) is 7. The maximum Gasteiger partial charge on any atom is 0.294 e. The predicted octanol–water partition coefficient (Wildman–Crippen LogP) is 2.02. The minimum absolute atomic E-state index is 0.00917. The largest absolute Gasteiger partial charge is 0.378 e. The lowest BCUT2D eigenvalue weighted by Gasteiger charge is -2.04. The lowest BCUT2D eigenvalue weighted by Crippen LogP contribution is -2.20. The number of nitro groups is 1. The van der Waals surface area contributed by atoms with E-state index in [4.69, 9.17) is 5.73 Å². The monoisotopic (exact) mass is 439 g/mol. The van der Waals surface area contributed by atoms with E-state index in [1.807, 2.05) is 5.38 Å². The van der Waals surface area contributed by atoms with Gasteiger partial charge in [0.1, 0.15) is 5.69 Å². The molecule has 14 heteroatoms. The van der Waals surface area contributed by atoms with Crippen molar-refractivity contribution in [3.8, 4) is 16.4 Å². The second-order valence-corrected chi connectivity index (χ2v) is 7.04. The van der Waals surface area contributed by atoms with E-state index >= 15 is 0 Å². The van der Waals surface area contributed by atoms with E-state index in [-0.39, 0.29) is 23.0 Å². The van der Waals surface area contributed by atoms with Gasteiger partial charge in [0.2, 0.25) is 11.6 Å². The van der Waals surface area contributed by atoms with E-state index in [2.05, 4.69) is 35.8 Å². The van der Waals surface area contributed by atoms with E-state index in [0.29, 0.717) is 21.8 Å². The smallest absolute Gasteiger partial charge is 0.294 e. The second-order valence-electron chi connectivity index (χ2n) is 6.09. The number of carbonyl (C=O) groups excluding carboxylic acids is 1. The van der Waals surface area contributed by atoms with Crippen LogP contribution < -0.4 is 11.2 Å². The van der Waals surface area contributed by atoms with E-state index in [1.165, 1.54) is 40.3 Å². The lowest BCUT2D eigenvalue weighted by molar-refractivity contribution is -0.384. The molecule has 0 atom stereocenters. The van der Waals surface area contributed by atoms with Gasteiger partial charge < -0.3 is 5.73 Å². The Morgan fingerprint density at radius 3 is 2.68 bits per heavy atom. The highest BCUT2D eigenvalue weighted by atomic mass is 32.1. The van der Waals surface area contributed by atoms with Gasteiger partial charge in [0.05, 0.1) is 15.5 Å². The second kappa shape index (κ2) is 8.11. The van der Waals surface area contributed by atoms with E-state index < -0.39 is 10.8 Å². The van der Waals surface area contributed by atoms with E-state index in [0.717, 1.165) is 0 Å². The van der Waals surface area contributed by atoms with Crippen LogP contribution in [0.3, 0.4) is 0 Å². The molecule has 0 spiro atoms. The number of thiophene rings is 1. The van der Waals surface area contributed by atoms with Crippen LogP contribution in [0.5, 0.6) is 0 Å². The molecular formula is C17H13N9O4S. The first-order chi connectivity index (χ1) is 15.0. The summed E-state index contributed by atoms with van der Waals surface area (Å²) in [4.78, 5) is 23.8. The summed E-state index contributed by atoms with van der Waals surface area (Å²) in [6.07, 6.45) is 0. The van der Waals surface area contributed by atoms with Crippen molar-refractivity contribution >= 4 is 34.5 Å². The third kappa shape index (κ3) is 3.86. The first-order valence-electron chi connectivity index (χ1n) is 8.63. The molecule has 31 heavy (non-hydrogen) atoms. The number of non-ortho nitro benzene ring substituents is 1. The first-order valence-corrected chi connectivity index (χ1v) is 9.51. The van der Waals surface area contributed by atoms with Crippen molar-refractivity contribution in [2.45, 2.75) is 6.92 Å². The fourth-order valence-corrected chi connectivity index (χ4v) is 3.39. The number of amides is 1. The average molecular weight is 439 g/mol. The van der Waals surface area contributed by atoms with Crippen molar-refractivity contribution in [3.05, 3.63) is 63.1 Å². The summed E-state index contributed by atoms with van der Waals surface area (Å²) in [7, 11) is 0. The summed E-state index contributed by atoms with van der Waals surface area (Å²) in [5.41, 5.74) is 9.52. The number of nitrogens with one attached hydrogen (secondary N) is 1. The number of carbonyl (C=O) groups is 1. The zero-order valence-electron chi connectivity index (χ0n) is 15.8. The number of hydrogen-bond donors (Lipinski definition) is 2. The number of nitro benzene ring substituents is 1. The number of nitrogens with two attached hydrogens (primary N) is 1. The van der Waals surface area contributed by atoms with Gasteiger partial charge in [0.25, 0.3) is 11.6 Å². The van der Waals surface area contributed by atoms with Crippen LogP contribution in [0.1, 0.15) is 23.0 Å². The number of nitrogen functional groups attached to an aromatic ring is 1. The molecule has 4 aromatic rings. The highest BCUT2D eigenvalue weighted by molar-refractivity contribution is 7.13. The van der Waals surface area contributed by atoms with Gasteiger partial charge in [-0.2, -0.15) is 9.78 Å². The number of hydrazone groups is 1. The van der Waals surface area contributed by atoms with Gasteiger partial charge in [0, 0.05) is 12.1 Å². The zero-order valence-corrected chi connectivity index (χ0v) is 16.6. The van der Waals surface area contributed by atoms with E-state index in [9.17, 15) is 14.9 Å². The van der Waals surface area contributed by atoms with Gasteiger partial charge in [-0.25, -0.2) is 10.1 Å². The van der Waals surface area contributed by atoms with Gasteiger partial charge in [-0.05, 0) is 46.4 Å². The highest BCUT2D eigenvalue weighted by Gasteiger charge is 2.25. The van der Waals surface area contributed by atoms with Crippen molar-refractivity contribution in [3.63, 3.8) is 0 Å². The Hall–Kier alpha value is -4.46. The Morgan fingerprint density at radius 1 is 1.29 bits per heavy atom. The summed E-state index contributed by atoms with van der Waals surface area (Å²) in [5.74, 6) is -0.534. The lowest BCUT2D eigenvalue weighted by atomic mass is 10.1. The van der Waals surface area contributed by atoms with Crippen LogP contribution in [-0.2, 0) is 0 Å². The third-order valence-electron chi connectivity index (χ3n) is 4.16. The van der Waals surface area contributed by atoms with Crippen LogP contribution in [0.4, 0.5) is 11.5 Å². The minimum Gasteiger partial charge on any atom is -0.378 e. The van der Waals surface area contributed by atoms with Crippen LogP contribution in [-0.4, -0.2) is 41.8 Å². The fourth-order valence-electron chi connectivity index (χ4n) is 2.63. The molecule has 0 aliphatic carbocycles. The molecule has 1 aromatic carbocycles. The van der Waals surface area contributed by atoms with Gasteiger partial charge in [-0.1, -0.05) is 11.3 Å². The van der Waals surface area contributed by atoms with Gasteiger partial charge in [0.15, 0.2) is 5.69 Å². The topological polar surface area (TPSA) is 180 Å². The summed E-state index contributed by atoms with van der Waals surface area (Å²) in [6, 6.07) is 9.37. The molecule has 0 saturated heterocycles. The summed E-state index contributed by atoms with van der Waals surface area (Å²) < 4.78 is 5.88. The molecule has 0 unspecified atom stereocenters. The number of rotatable bonds is 6. The van der Waals surface area contributed by atoms with Crippen molar-refractivity contribution in [1.82, 2.24) is 30.7 Å². The Labute approximate surface area is 177 Å². The Balaban J connectivity index is 1.63. The van der Waals surface area contributed by atoms with Gasteiger partial charge >= 0.3 is 0 Å². The SMILES string of the molecule is C/C(=N/NC(=O)c1nnn(-c2nonc2N)c1-c1cccs1)c1ccc([N+](=O)[O-])cc1. The zero-order chi connectivity index (χ0) is 22.0. The maximum absolute atomic E-state index is 12.8. The molecule has 3 heterocycles. The number of benzene rings is 1. The quantitative estimate of drug-likeness (QED) is 0.258. The molecule has 13 nitrogen and oxygen atoms in total. The molecule has 0 fully saturated rings. The molecule has 3 N–H and O–H groups in total. The van der Waals surface area contributed by atoms with Gasteiger partial charge in [-0.15, -0.1) is 16.4 Å². The van der Waals surface area contributed by atoms with Crippen LogP contribution in [0.15, 0.2) is 51.5 Å². The van der Waals surface area contributed by atoms with Crippen LogP contribution in [0, 0.1) is 10.1 Å². The summed E-state index contributed by atoms with van der Waals surface area (Å²) in [6.45, 7) is 1.65. The van der Waals surface area contributed by atoms with Crippen LogP contribution in [0.25, 0.3) is 16.4 Å².